The fraction of sp³-hybridized carbons (Fsp3) is 0.455. The second kappa shape index (κ2) is 6.76. The van der Waals surface area contributed by atoms with Crippen LogP contribution in [0.2, 0.25) is 0 Å². The van der Waals surface area contributed by atoms with Crippen molar-refractivity contribution in [2.24, 2.45) is 0 Å². The van der Waals surface area contributed by atoms with Gasteiger partial charge in [0.25, 0.3) is 5.91 Å². The van der Waals surface area contributed by atoms with Crippen LogP contribution < -0.4 is 11.1 Å². The minimum Gasteiger partial charge on any atom is -0.398 e. The fourth-order valence-electron chi connectivity index (χ4n) is 4.89. The zero-order valence-electron chi connectivity index (χ0n) is 16.7. The van der Waals surface area contributed by atoms with Crippen LogP contribution in [0.15, 0.2) is 18.3 Å². The van der Waals surface area contributed by atoms with Crippen LogP contribution in [-0.4, -0.2) is 36.4 Å². The number of nitrogens with zero attached hydrogens (tertiary/aromatic N) is 2. The van der Waals surface area contributed by atoms with Crippen molar-refractivity contribution in [3.05, 3.63) is 40.8 Å². The second-order valence-corrected chi connectivity index (χ2v) is 8.31. The predicted octanol–water partition coefficient (Wildman–Crippen LogP) is 4.11. The summed E-state index contributed by atoms with van der Waals surface area (Å²) in [6.45, 7) is 2.94. The van der Waals surface area contributed by atoms with Crippen molar-refractivity contribution in [3.8, 4) is 11.1 Å². The van der Waals surface area contributed by atoms with Gasteiger partial charge < -0.3 is 16.0 Å². The lowest BCUT2D eigenvalue weighted by Crippen LogP contribution is -2.31. The first-order valence-corrected chi connectivity index (χ1v) is 9.90. The highest BCUT2D eigenvalue weighted by Gasteiger charge is 2.42. The summed E-state index contributed by atoms with van der Waals surface area (Å²) in [5.41, 5.74) is 9.48. The van der Waals surface area contributed by atoms with Crippen LogP contribution in [-0.2, 0) is 5.41 Å². The average Bonchev–Trinajstić information content (AvgIpc) is 3.02. The fourth-order valence-corrected chi connectivity index (χ4v) is 4.89. The van der Waals surface area contributed by atoms with E-state index in [1.807, 2.05) is 6.92 Å². The summed E-state index contributed by atoms with van der Waals surface area (Å²) >= 11 is 0. The van der Waals surface area contributed by atoms with Gasteiger partial charge in [-0.2, -0.15) is 0 Å². The lowest BCUT2D eigenvalue weighted by Gasteiger charge is -2.34. The van der Waals surface area contributed by atoms with Crippen molar-refractivity contribution >= 4 is 17.4 Å². The van der Waals surface area contributed by atoms with E-state index in [4.69, 9.17) is 5.73 Å². The molecule has 5 nitrogen and oxygen atoms in total. The number of carbonyl (C=O) groups is 1. The average molecular weight is 382 g/mol. The molecule has 2 aromatic rings. The molecule has 0 saturated heterocycles. The highest BCUT2D eigenvalue weighted by atomic mass is 19.1. The first kappa shape index (κ1) is 18.7. The molecular weight excluding hydrogens is 355 g/mol. The summed E-state index contributed by atoms with van der Waals surface area (Å²) in [4.78, 5) is 18.4. The molecular formula is C22H27FN4O. The molecule has 1 aromatic heterocycles. The van der Waals surface area contributed by atoms with E-state index in [1.54, 1.807) is 32.4 Å². The van der Waals surface area contributed by atoms with Gasteiger partial charge in [0.2, 0.25) is 0 Å². The van der Waals surface area contributed by atoms with Crippen LogP contribution in [0.3, 0.4) is 0 Å². The number of aromatic nitrogens is 1. The van der Waals surface area contributed by atoms with E-state index in [1.165, 1.54) is 29.7 Å². The Morgan fingerprint density at radius 1 is 1.21 bits per heavy atom. The van der Waals surface area contributed by atoms with E-state index in [0.29, 0.717) is 5.56 Å². The zero-order valence-corrected chi connectivity index (χ0v) is 16.7. The maximum absolute atomic E-state index is 15.4. The number of halogens is 1. The summed E-state index contributed by atoms with van der Waals surface area (Å²) in [5.74, 6) is -0.0927. The SMILES string of the molecule is Cc1c(-c2ccc(N)c(C(=O)N(C)C)c2F)cnc2c1C1(CCCCC1)CN2. The molecule has 1 saturated carbocycles. The van der Waals surface area contributed by atoms with Crippen molar-refractivity contribution < 1.29 is 9.18 Å². The quantitative estimate of drug-likeness (QED) is 0.767. The summed E-state index contributed by atoms with van der Waals surface area (Å²) in [7, 11) is 3.18. The smallest absolute Gasteiger partial charge is 0.258 e. The monoisotopic (exact) mass is 382 g/mol. The summed E-state index contributed by atoms with van der Waals surface area (Å²) in [5, 5.41) is 3.46. The number of hydrogen-bond acceptors (Lipinski definition) is 4. The second-order valence-electron chi connectivity index (χ2n) is 8.31. The Morgan fingerprint density at radius 2 is 1.93 bits per heavy atom. The Morgan fingerprint density at radius 3 is 2.61 bits per heavy atom. The van der Waals surface area contributed by atoms with Crippen molar-refractivity contribution in [2.75, 3.05) is 31.7 Å². The van der Waals surface area contributed by atoms with Crippen molar-refractivity contribution in [2.45, 2.75) is 44.4 Å². The molecule has 1 aromatic carbocycles. The van der Waals surface area contributed by atoms with Crippen LogP contribution in [0.1, 0.15) is 53.6 Å². The number of anilines is 2. The van der Waals surface area contributed by atoms with Gasteiger partial charge in [0.05, 0.1) is 5.56 Å². The topological polar surface area (TPSA) is 71.2 Å². The Hall–Kier alpha value is -2.63. The first-order valence-electron chi connectivity index (χ1n) is 9.90. The number of rotatable bonds is 2. The van der Waals surface area contributed by atoms with Crippen molar-refractivity contribution in [1.82, 2.24) is 9.88 Å². The molecule has 1 aliphatic heterocycles. The maximum atomic E-state index is 15.4. The van der Waals surface area contributed by atoms with Gasteiger partial charge in [-0.3, -0.25) is 4.79 Å². The van der Waals surface area contributed by atoms with Crippen molar-refractivity contribution in [3.63, 3.8) is 0 Å². The van der Waals surface area contributed by atoms with E-state index < -0.39 is 11.7 Å². The maximum Gasteiger partial charge on any atom is 0.258 e. The Kier molecular flexibility index (Phi) is 4.52. The molecule has 2 aliphatic rings. The number of amides is 1. The van der Waals surface area contributed by atoms with E-state index in [9.17, 15) is 4.79 Å². The number of hydrogen-bond donors (Lipinski definition) is 2. The van der Waals surface area contributed by atoms with Gasteiger partial charge in [-0.05, 0) is 37.5 Å². The molecule has 6 heteroatoms. The number of nitrogens with one attached hydrogen (secondary N) is 1. The molecule has 0 radical (unpaired) electrons. The molecule has 0 unspecified atom stereocenters. The third-order valence-corrected chi connectivity index (χ3v) is 6.36. The molecule has 0 atom stereocenters. The van der Waals surface area contributed by atoms with Crippen LogP contribution in [0.25, 0.3) is 11.1 Å². The van der Waals surface area contributed by atoms with Crippen LogP contribution in [0, 0.1) is 12.7 Å². The third-order valence-electron chi connectivity index (χ3n) is 6.36. The standard InChI is InChI=1S/C22H27FN4O/c1-13-15(14-7-8-16(24)17(19(14)23)21(28)27(2)3)11-25-20-18(13)22(12-26-20)9-5-4-6-10-22/h7-8,11H,4-6,9-10,12,24H2,1-3H3,(H,25,26). The summed E-state index contributed by atoms with van der Waals surface area (Å²) < 4.78 is 15.4. The molecule has 2 heterocycles. The van der Waals surface area contributed by atoms with Gasteiger partial charge >= 0.3 is 0 Å². The van der Waals surface area contributed by atoms with Crippen LogP contribution in [0.5, 0.6) is 0 Å². The van der Waals surface area contributed by atoms with Gasteiger partial charge in [0.1, 0.15) is 11.6 Å². The normalized spacial score (nSPS) is 17.3. The largest absolute Gasteiger partial charge is 0.398 e. The number of nitrogen functional groups attached to an aromatic ring is 1. The van der Waals surface area contributed by atoms with Gasteiger partial charge in [-0.1, -0.05) is 19.3 Å². The first-order chi connectivity index (χ1) is 13.4. The molecule has 1 amide bonds. The molecule has 1 fully saturated rings. The van der Waals surface area contributed by atoms with Gasteiger partial charge in [0, 0.05) is 54.6 Å². The molecule has 1 spiro atoms. The molecule has 4 rings (SSSR count). The highest BCUT2D eigenvalue weighted by Crippen LogP contribution is 2.49. The third kappa shape index (κ3) is 2.74. The van der Waals surface area contributed by atoms with Crippen LogP contribution >= 0.6 is 0 Å². The molecule has 3 N–H and O–H groups in total. The Labute approximate surface area is 165 Å². The molecule has 0 bridgehead atoms. The van der Waals surface area contributed by atoms with Gasteiger partial charge in [-0.25, -0.2) is 9.37 Å². The number of fused-ring (bicyclic) bond motifs is 2. The molecule has 1 aliphatic carbocycles. The minimum atomic E-state index is -0.577. The van der Waals surface area contributed by atoms with E-state index in [-0.39, 0.29) is 16.7 Å². The number of benzene rings is 1. The summed E-state index contributed by atoms with van der Waals surface area (Å²) in [6, 6.07) is 3.26. The summed E-state index contributed by atoms with van der Waals surface area (Å²) in [6.07, 6.45) is 7.67. The van der Waals surface area contributed by atoms with Gasteiger partial charge in [0.15, 0.2) is 0 Å². The molecule has 28 heavy (non-hydrogen) atoms. The number of carbonyl (C=O) groups excluding carboxylic acids is 1. The highest BCUT2D eigenvalue weighted by molar-refractivity contribution is 6.00. The van der Waals surface area contributed by atoms with E-state index in [0.717, 1.165) is 36.3 Å². The zero-order chi connectivity index (χ0) is 20.1. The predicted molar refractivity (Wildman–Crippen MR) is 110 cm³/mol. The lowest BCUT2D eigenvalue weighted by atomic mass is 9.69. The van der Waals surface area contributed by atoms with E-state index in [2.05, 4.69) is 10.3 Å². The van der Waals surface area contributed by atoms with E-state index >= 15 is 4.39 Å². The Balaban J connectivity index is 1.87. The van der Waals surface area contributed by atoms with Crippen molar-refractivity contribution in [1.29, 1.82) is 0 Å². The number of pyridine rings is 1. The molecule has 148 valence electrons. The minimum absolute atomic E-state index is 0.0760. The lowest BCUT2D eigenvalue weighted by molar-refractivity contribution is 0.0824. The Bertz CT molecular complexity index is 943. The number of nitrogens with two attached hydrogens (primary N) is 1. The van der Waals surface area contributed by atoms with Crippen LogP contribution in [0.4, 0.5) is 15.9 Å². The van der Waals surface area contributed by atoms with Gasteiger partial charge in [-0.15, -0.1) is 0 Å².